The average molecular weight is 413 g/mol. The highest BCUT2D eigenvalue weighted by Gasteiger charge is 2.33. The molecular formula is C20H20FN5O2S. The van der Waals surface area contributed by atoms with Gasteiger partial charge in [-0.2, -0.15) is 4.52 Å². The zero-order valence-corrected chi connectivity index (χ0v) is 16.6. The Morgan fingerprint density at radius 1 is 1.14 bits per heavy atom. The van der Waals surface area contributed by atoms with Crippen LogP contribution in [0.1, 0.15) is 22.5 Å². The number of aromatic hydroxyl groups is 1. The van der Waals surface area contributed by atoms with Crippen molar-refractivity contribution in [3.8, 4) is 5.88 Å². The van der Waals surface area contributed by atoms with E-state index in [1.54, 1.807) is 13.2 Å². The minimum Gasteiger partial charge on any atom is -0.492 e. The fourth-order valence-corrected chi connectivity index (χ4v) is 4.98. The van der Waals surface area contributed by atoms with Crippen LogP contribution in [0.4, 0.5) is 10.1 Å². The quantitative estimate of drug-likeness (QED) is 0.553. The van der Waals surface area contributed by atoms with Gasteiger partial charge in [-0.25, -0.2) is 9.37 Å². The Kier molecular flexibility index (Phi) is 4.48. The highest BCUT2D eigenvalue weighted by atomic mass is 32.1. The van der Waals surface area contributed by atoms with E-state index in [0.29, 0.717) is 10.8 Å². The maximum Gasteiger partial charge on any atom is 0.230 e. The van der Waals surface area contributed by atoms with Crippen LogP contribution in [-0.2, 0) is 0 Å². The lowest BCUT2D eigenvalue weighted by molar-refractivity contribution is 0.191. The van der Waals surface area contributed by atoms with Crippen molar-refractivity contribution in [2.75, 3.05) is 31.1 Å². The van der Waals surface area contributed by atoms with Crippen LogP contribution in [0.15, 0.2) is 47.1 Å². The number of nitrogens with zero attached hydrogens (tertiary/aromatic N) is 5. The monoisotopic (exact) mass is 413 g/mol. The highest BCUT2D eigenvalue weighted by molar-refractivity contribution is 7.17. The van der Waals surface area contributed by atoms with Gasteiger partial charge in [0, 0.05) is 31.9 Å². The number of aromatic nitrogens is 3. The number of fused-ring (bicyclic) bond motifs is 1. The summed E-state index contributed by atoms with van der Waals surface area (Å²) in [6, 6.07) is 10.2. The van der Waals surface area contributed by atoms with Crippen LogP contribution in [0, 0.1) is 12.7 Å². The van der Waals surface area contributed by atoms with E-state index < -0.39 is 0 Å². The van der Waals surface area contributed by atoms with Gasteiger partial charge in [0.05, 0.1) is 11.1 Å². The van der Waals surface area contributed by atoms with Crippen LogP contribution in [0.3, 0.4) is 0 Å². The molecule has 1 atom stereocenters. The highest BCUT2D eigenvalue weighted by Crippen LogP contribution is 2.40. The smallest absolute Gasteiger partial charge is 0.230 e. The molecule has 7 nitrogen and oxygen atoms in total. The molecule has 4 heterocycles. The van der Waals surface area contributed by atoms with E-state index in [1.807, 2.05) is 24.3 Å². The first kappa shape index (κ1) is 18.1. The van der Waals surface area contributed by atoms with E-state index in [2.05, 4.69) is 19.9 Å². The normalized spacial score (nSPS) is 16.6. The zero-order valence-electron chi connectivity index (χ0n) is 15.8. The average Bonchev–Trinajstić information content (AvgIpc) is 3.43. The van der Waals surface area contributed by atoms with Crippen molar-refractivity contribution in [3.63, 3.8) is 0 Å². The van der Waals surface area contributed by atoms with Crippen LogP contribution >= 0.6 is 11.3 Å². The molecule has 1 saturated heterocycles. The van der Waals surface area contributed by atoms with Crippen molar-refractivity contribution < 1.29 is 13.9 Å². The number of hydrogen-bond donors (Lipinski definition) is 1. The molecule has 0 radical (unpaired) electrons. The molecule has 0 bridgehead atoms. The van der Waals surface area contributed by atoms with Gasteiger partial charge in [0.15, 0.2) is 0 Å². The van der Waals surface area contributed by atoms with E-state index in [9.17, 15) is 9.50 Å². The third-order valence-electron chi connectivity index (χ3n) is 5.24. The molecule has 4 aromatic rings. The fourth-order valence-electron chi connectivity index (χ4n) is 3.84. The molecule has 1 N–H and O–H groups in total. The molecular weight excluding hydrogens is 393 g/mol. The summed E-state index contributed by atoms with van der Waals surface area (Å²) < 4.78 is 20.4. The molecule has 9 heteroatoms. The van der Waals surface area contributed by atoms with Gasteiger partial charge >= 0.3 is 0 Å². The zero-order chi connectivity index (χ0) is 20.0. The van der Waals surface area contributed by atoms with E-state index in [1.165, 1.54) is 28.0 Å². The fraction of sp³-hybridized carbons (Fsp3) is 0.300. The van der Waals surface area contributed by atoms with Crippen molar-refractivity contribution in [1.29, 1.82) is 0 Å². The van der Waals surface area contributed by atoms with Gasteiger partial charge in [0.1, 0.15) is 23.4 Å². The van der Waals surface area contributed by atoms with Crippen LogP contribution < -0.4 is 4.90 Å². The minimum atomic E-state index is -0.229. The van der Waals surface area contributed by atoms with E-state index in [-0.39, 0.29) is 17.7 Å². The first-order valence-electron chi connectivity index (χ1n) is 9.43. The largest absolute Gasteiger partial charge is 0.492 e. The first-order valence-corrected chi connectivity index (χ1v) is 10.2. The lowest BCUT2D eigenvalue weighted by Crippen LogP contribution is -2.47. The Morgan fingerprint density at radius 2 is 1.90 bits per heavy atom. The number of anilines is 1. The Bertz CT molecular complexity index is 1110. The number of thiazole rings is 1. The Morgan fingerprint density at radius 3 is 2.55 bits per heavy atom. The van der Waals surface area contributed by atoms with Gasteiger partial charge in [-0.3, -0.25) is 4.90 Å². The molecule has 0 spiro atoms. The molecule has 3 aromatic heterocycles. The summed E-state index contributed by atoms with van der Waals surface area (Å²) in [5, 5.41) is 15.1. The standard InChI is InChI=1S/C20H20FN5O2S/c1-13-22-20-26(23-13)19(27)18(29-20)17(16-3-2-12-28-16)25-10-8-24(9-11-25)15-6-4-14(21)5-7-15/h2-7,12,17,27H,8-11H2,1H3/t17-/m1/s1. The predicted molar refractivity (Wildman–Crippen MR) is 108 cm³/mol. The summed E-state index contributed by atoms with van der Waals surface area (Å²) in [4.78, 5) is 10.3. The van der Waals surface area contributed by atoms with Gasteiger partial charge < -0.3 is 14.4 Å². The minimum absolute atomic E-state index is 0.105. The Hall–Kier alpha value is -2.91. The van der Waals surface area contributed by atoms with Crippen LogP contribution in [0.2, 0.25) is 0 Å². The Labute approximate surface area is 170 Å². The molecule has 0 amide bonds. The summed E-state index contributed by atoms with van der Waals surface area (Å²) in [6.07, 6.45) is 1.65. The van der Waals surface area contributed by atoms with E-state index >= 15 is 0 Å². The van der Waals surface area contributed by atoms with E-state index in [0.717, 1.165) is 42.5 Å². The second-order valence-electron chi connectivity index (χ2n) is 7.06. The Balaban J connectivity index is 1.43. The maximum atomic E-state index is 13.2. The van der Waals surface area contributed by atoms with Crippen LogP contribution in [0.5, 0.6) is 5.88 Å². The number of hydrogen-bond acceptors (Lipinski definition) is 7. The van der Waals surface area contributed by atoms with Gasteiger partial charge in [0.25, 0.3) is 0 Å². The number of furan rings is 1. The summed E-state index contributed by atoms with van der Waals surface area (Å²) >= 11 is 1.43. The topological polar surface area (TPSA) is 70.0 Å². The van der Waals surface area contributed by atoms with Crippen LogP contribution in [0.25, 0.3) is 4.96 Å². The molecule has 0 saturated carbocycles. The molecule has 150 valence electrons. The van der Waals surface area contributed by atoms with Gasteiger partial charge in [-0.05, 0) is 43.3 Å². The van der Waals surface area contributed by atoms with Crippen LogP contribution in [-0.4, -0.2) is 50.8 Å². The second kappa shape index (κ2) is 7.16. The van der Waals surface area contributed by atoms with Crippen molar-refractivity contribution in [2.45, 2.75) is 13.0 Å². The predicted octanol–water partition coefficient (Wildman–Crippen LogP) is 3.45. The number of rotatable bonds is 4. The summed E-state index contributed by atoms with van der Waals surface area (Å²) in [7, 11) is 0. The number of aryl methyl sites for hydroxylation is 1. The molecule has 1 fully saturated rings. The number of benzene rings is 1. The summed E-state index contributed by atoms with van der Waals surface area (Å²) in [5.41, 5.74) is 1.01. The molecule has 5 rings (SSSR count). The van der Waals surface area contributed by atoms with Gasteiger partial charge in [-0.1, -0.05) is 11.3 Å². The summed E-state index contributed by atoms with van der Waals surface area (Å²) in [6.45, 7) is 4.94. The van der Waals surface area contributed by atoms with Gasteiger partial charge in [-0.15, -0.1) is 5.10 Å². The van der Waals surface area contributed by atoms with Crippen molar-refractivity contribution in [2.24, 2.45) is 0 Å². The maximum absolute atomic E-state index is 13.2. The SMILES string of the molecule is Cc1nc2sc([C@@H](c3ccco3)N3CCN(c4ccc(F)cc4)CC3)c(O)n2n1. The third kappa shape index (κ3) is 3.26. The lowest BCUT2D eigenvalue weighted by Gasteiger charge is -2.39. The number of halogens is 1. The molecule has 0 unspecified atom stereocenters. The molecule has 1 aliphatic heterocycles. The van der Waals surface area contributed by atoms with Crippen molar-refractivity contribution >= 4 is 22.0 Å². The first-order chi connectivity index (χ1) is 14.1. The van der Waals surface area contributed by atoms with E-state index in [4.69, 9.17) is 4.42 Å². The number of piperazine rings is 1. The second-order valence-corrected chi connectivity index (χ2v) is 8.07. The summed E-state index contributed by atoms with van der Waals surface area (Å²) in [5.74, 6) is 1.28. The molecule has 1 aromatic carbocycles. The molecule has 0 aliphatic carbocycles. The van der Waals surface area contributed by atoms with Crippen molar-refractivity contribution in [3.05, 3.63) is 64.9 Å². The van der Waals surface area contributed by atoms with Crippen molar-refractivity contribution in [1.82, 2.24) is 19.5 Å². The molecule has 29 heavy (non-hydrogen) atoms. The lowest BCUT2D eigenvalue weighted by atomic mass is 10.1. The van der Waals surface area contributed by atoms with Gasteiger partial charge in [0.2, 0.25) is 10.8 Å². The third-order valence-corrected chi connectivity index (χ3v) is 6.31. The molecule has 1 aliphatic rings.